The fourth-order valence-corrected chi connectivity index (χ4v) is 3.36. The van der Waals surface area contributed by atoms with E-state index in [1.807, 2.05) is 11.7 Å². The number of hydrogen-bond donors (Lipinski definition) is 0. The van der Waals surface area contributed by atoms with Crippen molar-refractivity contribution < 1.29 is 0 Å². The topological polar surface area (TPSA) is 16.1 Å². The van der Waals surface area contributed by atoms with Gasteiger partial charge in [0, 0.05) is 22.9 Å². The fraction of sp³-hybridized carbons (Fsp3) is 0.727. The second kappa shape index (κ2) is 5.97. The molecule has 1 aliphatic heterocycles. The Hall–Kier alpha value is 0.0700. The average molecular weight is 289 g/mol. The van der Waals surface area contributed by atoms with E-state index in [2.05, 4.69) is 25.8 Å². The van der Waals surface area contributed by atoms with Gasteiger partial charge in [-0.05, 0) is 38.3 Å². The summed E-state index contributed by atoms with van der Waals surface area (Å²) in [5.41, 5.74) is 1.93. The van der Waals surface area contributed by atoms with Crippen molar-refractivity contribution in [2.45, 2.75) is 25.8 Å². The van der Waals surface area contributed by atoms with Crippen molar-refractivity contribution in [3.05, 3.63) is 16.6 Å². The first kappa shape index (κ1) is 11.6. The number of aromatic nitrogens is 1. The first-order valence-corrected chi connectivity index (χ1v) is 7.54. The quantitative estimate of drug-likeness (QED) is 0.795. The van der Waals surface area contributed by atoms with Crippen LogP contribution in [0.4, 0.5) is 0 Å². The predicted octanol–water partition coefficient (Wildman–Crippen LogP) is 3.14. The third-order valence-corrected chi connectivity index (χ3v) is 4.70. The molecular formula is C11H17BrN2S. The Labute approximate surface area is 104 Å². The van der Waals surface area contributed by atoms with E-state index in [1.54, 1.807) is 11.3 Å². The molecule has 84 valence electrons. The largest absolute Gasteiger partial charge is 0.298 e. The zero-order valence-electron chi connectivity index (χ0n) is 8.86. The Bertz CT molecular complexity index is 276. The van der Waals surface area contributed by atoms with E-state index in [-0.39, 0.29) is 0 Å². The summed E-state index contributed by atoms with van der Waals surface area (Å²) < 4.78 is 0. The maximum Gasteiger partial charge on any atom is 0.0794 e. The van der Waals surface area contributed by atoms with Gasteiger partial charge in [-0.25, -0.2) is 0 Å². The molecule has 2 rings (SSSR count). The number of nitrogens with zero attached hydrogens (tertiary/aromatic N) is 2. The molecule has 1 atom stereocenters. The molecule has 1 unspecified atom stereocenters. The minimum Gasteiger partial charge on any atom is -0.298 e. The molecular weight excluding hydrogens is 272 g/mol. The lowest BCUT2D eigenvalue weighted by atomic mass is 10.0. The van der Waals surface area contributed by atoms with E-state index in [0.29, 0.717) is 0 Å². The minimum absolute atomic E-state index is 0.886. The van der Waals surface area contributed by atoms with Crippen LogP contribution in [-0.2, 0) is 6.54 Å². The third kappa shape index (κ3) is 3.54. The summed E-state index contributed by atoms with van der Waals surface area (Å²) in [4.78, 5) is 8.09. The first-order chi connectivity index (χ1) is 7.38. The van der Waals surface area contributed by atoms with E-state index in [1.165, 1.54) is 42.6 Å². The Morgan fingerprint density at radius 3 is 3.13 bits per heavy atom. The van der Waals surface area contributed by atoms with Crippen LogP contribution in [0.3, 0.4) is 0 Å². The van der Waals surface area contributed by atoms with Crippen LogP contribution in [0, 0.1) is 5.92 Å². The molecule has 1 aliphatic rings. The molecule has 0 aromatic carbocycles. The van der Waals surface area contributed by atoms with E-state index >= 15 is 0 Å². The summed E-state index contributed by atoms with van der Waals surface area (Å²) in [7, 11) is 0. The number of hydrogen-bond acceptors (Lipinski definition) is 3. The van der Waals surface area contributed by atoms with Crippen molar-refractivity contribution in [1.29, 1.82) is 0 Å². The normalized spacial score (nSPS) is 23.9. The minimum atomic E-state index is 0.886. The highest BCUT2D eigenvalue weighted by molar-refractivity contribution is 9.09. The molecule has 2 heterocycles. The van der Waals surface area contributed by atoms with Crippen LogP contribution < -0.4 is 0 Å². The van der Waals surface area contributed by atoms with Crippen LogP contribution in [0.5, 0.6) is 0 Å². The van der Waals surface area contributed by atoms with Crippen LogP contribution in [0.2, 0.25) is 0 Å². The van der Waals surface area contributed by atoms with Gasteiger partial charge in [0.15, 0.2) is 0 Å². The highest BCUT2D eigenvalue weighted by Gasteiger charge is 2.16. The van der Waals surface area contributed by atoms with Gasteiger partial charge in [-0.2, -0.15) is 0 Å². The number of thiazole rings is 1. The number of halogens is 1. The monoisotopic (exact) mass is 288 g/mol. The zero-order chi connectivity index (χ0) is 10.5. The summed E-state index contributed by atoms with van der Waals surface area (Å²) in [6.07, 6.45) is 6.06. The maximum absolute atomic E-state index is 4.13. The van der Waals surface area contributed by atoms with Crippen LogP contribution in [0.25, 0.3) is 0 Å². The molecule has 0 bridgehead atoms. The Morgan fingerprint density at radius 2 is 2.40 bits per heavy atom. The highest BCUT2D eigenvalue weighted by atomic mass is 79.9. The fourth-order valence-electron chi connectivity index (χ4n) is 2.08. The Kier molecular flexibility index (Phi) is 4.60. The van der Waals surface area contributed by atoms with Gasteiger partial charge >= 0.3 is 0 Å². The van der Waals surface area contributed by atoms with Crippen LogP contribution >= 0.6 is 27.3 Å². The lowest BCUT2D eigenvalue weighted by molar-refractivity contribution is 0.276. The molecule has 1 fully saturated rings. The Morgan fingerprint density at radius 1 is 1.47 bits per heavy atom. The lowest BCUT2D eigenvalue weighted by Crippen LogP contribution is -2.23. The number of rotatable bonds is 3. The van der Waals surface area contributed by atoms with Gasteiger partial charge in [0.1, 0.15) is 0 Å². The van der Waals surface area contributed by atoms with Gasteiger partial charge in [-0.15, -0.1) is 11.3 Å². The molecule has 0 N–H and O–H groups in total. The standard InChI is InChI=1S/C11H17BrN2S/c12-6-10-2-1-4-14(5-3-10)8-11-7-13-9-15-11/h7,9-10H,1-6,8H2. The number of alkyl halides is 1. The second-order valence-electron chi connectivity index (χ2n) is 4.20. The molecule has 0 aliphatic carbocycles. The van der Waals surface area contributed by atoms with Gasteiger partial charge in [-0.3, -0.25) is 9.88 Å². The van der Waals surface area contributed by atoms with E-state index in [9.17, 15) is 0 Å². The van der Waals surface area contributed by atoms with Crippen molar-refractivity contribution in [3.8, 4) is 0 Å². The van der Waals surface area contributed by atoms with Gasteiger partial charge in [0.25, 0.3) is 0 Å². The number of likely N-dealkylation sites (tertiary alicyclic amines) is 1. The van der Waals surface area contributed by atoms with Crippen molar-refractivity contribution in [3.63, 3.8) is 0 Å². The zero-order valence-corrected chi connectivity index (χ0v) is 11.3. The smallest absolute Gasteiger partial charge is 0.0794 e. The molecule has 2 nitrogen and oxygen atoms in total. The Balaban J connectivity index is 1.83. The van der Waals surface area contributed by atoms with Gasteiger partial charge in [0.2, 0.25) is 0 Å². The molecule has 0 spiro atoms. The molecule has 1 aromatic rings. The van der Waals surface area contributed by atoms with Crippen LogP contribution in [0.1, 0.15) is 24.1 Å². The molecule has 1 aromatic heterocycles. The average Bonchev–Trinajstić information content (AvgIpc) is 2.64. The van der Waals surface area contributed by atoms with Crippen LogP contribution in [-0.4, -0.2) is 28.3 Å². The van der Waals surface area contributed by atoms with Gasteiger partial charge < -0.3 is 0 Å². The molecule has 4 heteroatoms. The predicted molar refractivity (Wildman–Crippen MR) is 68.5 cm³/mol. The summed E-state index contributed by atoms with van der Waals surface area (Å²) in [6, 6.07) is 0. The van der Waals surface area contributed by atoms with Crippen molar-refractivity contribution in [2.75, 3.05) is 18.4 Å². The summed E-state index contributed by atoms with van der Waals surface area (Å²) in [5.74, 6) is 0.886. The first-order valence-electron chi connectivity index (χ1n) is 5.54. The van der Waals surface area contributed by atoms with Crippen molar-refractivity contribution >= 4 is 27.3 Å². The molecule has 1 saturated heterocycles. The third-order valence-electron chi connectivity index (χ3n) is 3.02. The highest BCUT2D eigenvalue weighted by Crippen LogP contribution is 2.21. The molecule has 0 saturated carbocycles. The van der Waals surface area contributed by atoms with Crippen LogP contribution in [0.15, 0.2) is 11.7 Å². The summed E-state index contributed by atoms with van der Waals surface area (Å²) in [6.45, 7) is 3.59. The van der Waals surface area contributed by atoms with E-state index in [4.69, 9.17) is 0 Å². The lowest BCUT2D eigenvalue weighted by Gasteiger charge is -2.18. The molecule has 0 radical (unpaired) electrons. The molecule has 0 amide bonds. The van der Waals surface area contributed by atoms with Gasteiger partial charge in [-0.1, -0.05) is 15.9 Å². The second-order valence-corrected chi connectivity index (χ2v) is 5.81. The summed E-state index contributed by atoms with van der Waals surface area (Å²) in [5, 5.41) is 1.17. The maximum atomic E-state index is 4.13. The van der Waals surface area contributed by atoms with Crippen molar-refractivity contribution in [1.82, 2.24) is 9.88 Å². The van der Waals surface area contributed by atoms with Crippen molar-refractivity contribution in [2.24, 2.45) is 5.92 Å². The summed E-state index contributed by atoms with van der Waals surface area (Å²) >= 11 is 5.37. The molecule has 15 heavy (non-hydrogen) atoms. The SMILES string of the molecule is BrCC1CCCN(Cc2cncs2)CC1. The van der Waals surface area contributed by atoms with E-state index in [0.717, 1.165) is 12.5 Å². The van der Waals surface area contributed by atoms with Gasteiger partial charge in [0.05, 0.1) is 5.51 Å². The van der Waals surface area contributed by atoms with E-state index < -0.39 is 0 Å².